The fourth-order valence-corrected chi connectivity index (χ4v) is 1.86. The Kier molecular flexibility index (Phi) is 3.43. The van der Waals surface area contributed by atoms with Crippen molar-refractivity contribution in [2.24, 2.45) is 0 Å². The fraction of sp³-hybridized carbons (Fsp3) is 0.182. The van der Waals surface area contributed by atoms with Crippen molar-refractivity contribution in [3.63, 3.8) is 0 Å². The second-order valence-corrected chi connectivity index (χ2v) is 4.44. The molecule has 2 rings (SSSR count). The standard InChI is InChI=1S/C11H11O5P/c1-7-5-11(12)15-10-6-8(3-4-9(7)10)16-17(13)14-2/h3-6,13H,1-2H3. The summed E-state index contributed by atoms with van der Waals surface area (Å²) in [5, 5.41) is 0.830. The number of rotatable bonds is 3. The molecule has 0 saturated carbocycles. The molecule has 0 saturated heterocycles. The first-order valence-corrected chi connectivity index (χ1v) is 5.99. The average molecular weight is 254 g/mol. The molecular weight excluding hydrogens is 243 g/mol. The Hall–Kier alpha value is -1.42. The molecule has 1 aromatic heterocycles. The van der Waals surface area contributed by atoms with Gasteiger partial charge in [0.15, 0.2) is 0 Å². The van der Waals surface area contributed by atoms with Crippen LogP contribution in [0.5, 0.6) is 5.75 Å². The minimum atomic E-state index is -1.95. The van der Waals surface area contributed by atoms with E-state index in [2.05, 4.69) is 4.52 Å². The summed E-state index contributed by atoms with van der Waals surface area (Å²) in [6.07, 6.45) is 0. The van der Waals surface area contributed by atoms with Gasteiger partial charge in [-0.05, 0) is 24.6 Å². The van der Waals surface area contributed by atoms with Gasteiger partial charge in [0, 0.05) is 24.6 Å². The van der Waals surface area contributed by atoms with E-state index in [0.29, 0.717) is 11.3 Å². The molecule has 1 aromatic carbocycles. The van der Waals surface area contributed by atoms with E-state index in [-0.39, 0.29) is 0 Å². The van der Waals surface area contributed by atoms with Crippen molar-refractivity contribution < 1.29 is 18.4 Å². The second kappa shape index (κ2) is 4.84. The molecule has 17 heavy (non-hydrogen) atoms. The van der Waals surface area contributed by atoms with Crippen LogP contribution in [0.3, 0.4) is 0 Å². The summed E-state index contributed by atoms with van der Waals surface area (Å²) < 4.78 is 14.8. The maximum Gasteiger partial charge on any atom is 0.394 e. The molecule has 0 aliphatic carbocycles. The van der Waals surface area contributed by atoms with Gasteiger partial charge in [-0.25, -0.2) is 4.79 Å². The lowest BCUT2D eigenvalue weighted by molar-refractivity contribution is 0.317. The largest absolute Gasteiger partial charge is 0.427 e. The van der Waals surface area contributed by atoms with Gasteiger partial charge in [0.2, 0.25) is 0 Å². The molecule has 1 unspecified atom stereocenters. The van der Waals surface area contributed by atoms with E-state index < -0.39 is 14.2 Å². The molecule has 1 atom stereocenters. The highest BCUT2D eigenvalue weighted by molar-refractivity contribution is 7.41. The minimum absolute atomic E-state index is 0.390. The molecule has 0 aliphatic heterocycles. The summed E-state index contributed by atoms with van der Waals surface area (Å²) in [6, 6.07) is 6.42. The van der Waals surface area contributed by atoms with E-state index in [1.165, 1.54) is 13.2 Å². The zero-order valence-corrected chi connectivity index (χ0v) is 10.2. The third kappa shape index (κ3) is 2.64. The van der Waals surface area contributed by atoms with Gasteiger partial charge >= 0.3 is 14.2 Å². The Morgan fingerprint density at radius 1 is 1.35 bits per heavy atom. The summed E-state index contributed by atoms with van der Waals surface area (Å²) in [5.74, 6) is 0.390. The lowest BCUT2D eigenvalue weighted by atomic mass is 10.1. The first kappa shape index (κ1) is 12.0. The number of hydrogen-bond donors (Lipinski definition) is 1. The van der Waals surface area contributed by atoms with Crippen LogP contribution in [0.15, 0.2) is 33.5 Å². The lowest BCUT2D eigenvalue weighted by Crippen LogP contribution is -1.98. The Morgan fingerprint density at radius 3 is 2.82 bits per heavy atom. The highest BCUT2D eigenvalue weighted by atomic mass is 31.2. The Morgan fingerprint density at radius 2 is 2.12 bits per heavy atom. The lowest BCUT2D eigenvalue weighted by Gasteiger charge is -2.09. The van der Waals surface area contributed by atoms with Crippen LogP contribution >= 0.6 is 8.60 Å². The zero-order valence-electron chi connectivity index (χ0n) is 9.34. The van der Waals surface area contributed by atoms with Crippen molar-refractivity contribution in [3.8, 4) is 5.75 Å². The van der Waals surface area contributed by atoms with E-state index in [0.717, 1.165) is 10.9 Å². The van der Waals surface area contributed by atoms with Gasteiger partial charge in [0.1, 0.15) is 11.3 Å². The van der Waals surface area contributed by atoms with Crippen molar-refractivity contribution in [1.29, 1.82) is 0 Å². The number of hydrogen-bond acceptors (Lipinski definition) is 5. The molecule has 0 fully saturated rings. The minimum Gasteiger partial charge on any atom is -0.427 e. The van der Waals surface area contributed by atoms with Crippen LogP contribution in [0.2, 0.25) is 0 Å². The number of aryl methyl sites for hydroxylation is 1. The van der Waals surface area contributed by atoms with Crippen molar-refractivity contribution in [2.75, 3.05) is 7.11 Å². The normalized spacial score (nSPS) is 12.6. The summed E-state index contributed by atoms with van der Waals surface area (Å²) in [5.41, 5.74) is 0.845. The van der Waals surface area contributed by atoms with E-state index >= 15 is 0 Å². The molecule has 0 spiro atoms. The molecule has 6 heteroatoms. The fourth-order valence-electron chi connectivity index (χ4n) is 1.49. The second-order valence-electron chi connectivity index (χ2n) is 3.42. The van der Waals surface area contributed by atoms with Crippen molar-refractivity contribution in [1.82, 2.24) is 0 Å². The summed E-state index contributed by atoms with van der Waals surface area (Å²) in [7, 11) is -0.601. The topological polar surface area (TPSA) is 68.9 Å². The third-order valence-corrected chi connectivity index (χ3v) is 2.94. The van der Waals surface area contributed by atoms with Crippen LogP contribution in [-0.2, 0) is 4.52 Å². The molecule has 1 heterocycles. The van der Waals surface area contributed by atoms with Gasteiger partial charge < -0.3 is 18.4 Å². The molecule has 0 bridgehead atoms. The smallest absolute Gasteiger partial charge is 0.394 e. The Balaban J connectivity index is 2.46. The van der Waals surface area contributed by atoms with Crippen molar-refractivity contribution in [2.45, 2.75) is 6.92 Å². The molecule has 0 aliphatic rings. The maximum absolute atomic E-state index is 11.2. The first-order valence-electron chi connectivity index (χ1n) is 4.86. The Bertz CT molecular complexity index is 592. The number of benzene rings is 1. The van der Waals surface area contributed by atoms with Crippen LogP contribution in [0.1, 0.15) is 5.56 Å². The van der Waals surface area contributed by atoms with Crippen LogP contribution in [0, 0.1) is 6.92 Å². The van der Waals surface area contributed by atoms with Crippen LogP contribution in [-0.4, -0.2) is 12.0 Å². The van der Waals surface area contributed by atoms with E-state index in [1.807, 2.05) is 6.92 Å². The molecular formula is C11H11O5P. The quantitative estimate of drug-likeness (QED) is 0.672. The summed E-state index contributed by atoms with van der Waals surface area (Å²) in [6.45, 7) is 1.83. The van der Waals surface area contributed by atoms with Gasteiger partial charge in [0.05, 0.1) is 0 Å². The van der Waals surface area contributed by atoms with Crippen molar-refractivity contribution >= 4 is 19.6 Å². The highest BCUT2D eigenvalue weighted by Gasteiger charge is 2.08. The SMILES string of the molecule is COP(O)Oc1ccc2c(C)cc(=O)oc2c1. The first-order chi connectivity index (χ1) is 8.10. The Labute approximate surface area is 98.6 Å². The molecule has 2 aromatic rings. The average Bonchev–Trinajstić information content (AvgIpc) is 2.28. The molecule has 5 nitrogen and oxygen atoms in total. The maximum atomic E-state index is 11.2. The number of fused-ring (bicyclic) bond motifs is 1. The molecule has 90 valence electrons. The predicted molar refractivity (Wildman–Crippen MR) is 64.0 cm³/mol. The highest BCUT2D eigenvalue weighted by Crippen LogP contribution is 2.35. The van der Waals surface area contributed by atoms with E-state index in [9.17, 15) is 9.69 Å². The monoisotopic (exact) mass is 254 g/mol. The van der Waals surface area contributed by atoms with Crippen LogP contribution in [0.4, 0.5) is 0 Å². The van der Waals surface area contributed by atoms with E-state index in [1.54, 1.807) is 18.2 Å². The van der Waals surface area contributed by atoms with Gasteiger partial charge in [-0.2, -0.15) is 0 Å². The third-order valence-electron chi connectivity index (χ3n) is 2.26. The summed E-state index contributed by atoms with van der Waals surface area (Å²) >= 11 is 0. The summed E-state index contributed by atoms with van der Waals surface area (Å²) in [4.78, 5) is 20.4. The molecule has 0 radical (unpaired) electrons. The molecule has 0 amide bonds. The van der Waals surface area contributed by atoms with Crippen molar-refractivity contribution in [3.05, 3.63) is 40.2 Å². The van der Waals surface area contributed by atoms with Gasteiger partial charge in [-0.15, -0.1) is 0 Å². The van der Waals surface area contributed by atoms with Crippen LogP contribution < -0.4 is 10.1 Å². The zero-order chi connectivity index (χ0) is 12.4. The van der Waals surface area contributed by atoms with E-state index in [4.69, 9.17) is 8.94 Å². The molecule has 1 N–H and O–H groups in total. The van der Waals surface area contributed by atoms with Crippen LogP contribution in [0.25, 0.3) is 11.0 Å². The predicted octanol–water partition coefficient (Wildman–Crippen LogP) is 2.35. The van der Waals surface area contributed by atoms with Gasteiger partial charge in [-0.1, -0.05) is 0 Å². The van der Waals surface area contributed by atoms with Gasteiger partial charge in [0.25, 0.3) is 0 Å². The van der Waals surface area contributed by atoms with Gasteiger partial charge in [-0.3, -0.25) is 0 Å².